The third-order valence-corrected chi connectivity index (χ3v) is 24.4. The van der Waals surface area contributed by atoms with E-state index in [1.165, 1.54) is 151 Å². The van der Waals surface area contributed by atoms with Crippen LogP contribution in [0.25, 0.3) is 77.2 Å². The lowest BCUT2D eigenvalue weighted by Crippen LogP contribution is -2.16. The molecule has 0 saturated heterocycles. The first-order chi connectivity index (χ1) is 45.5. The molecule has 3 heterocycles. The smallest absolute Gasteiger partial charge is 0.318 e. The normalized spacial score (nSPS) is 14.6. The van der Waals surface area contributed by atoms with Gasteiger partial charge >= 0.3 is 8.45 Å². The van der Waals surface area contributed by atoms with Gasteiger partial charge in [0, 0.05) is 52.5 Å². The van der Waals surface area contributed by atoms with Gasteiger partial charge in [0.2, 0.25) is 0 Å². The van der Waals surface area contributed by atoms with E-state index in [2.05, 4.69) is 317 Å². The highest BCUT2D eigenvalue weighted by molar-refractivity contribution is 7.50. The van der Waals surface area contributed by atoms with Crippen LogP contribution < -0.4 is 9.05 Å². The molecule has 0 saturated carbocycles. The molecule has 1 atom stereocenters. The molecule has 0 aliphatic heterocycles. The van der Waals surface area contributed by atoms with Gasteiger partial charge in [-0.15, -0.1) is 0 Å². The highest BCUT2D eigenvalue weighted by atomic mass is 31.2. The molecule has 97 heavy (non-hydrogen) atoms. The SMILES string of the molecule is Cc1cn(P(C)Oc2ccc3c(c2-c2c(OP(n4cc(C)c5ccc(-c6cc(C(C)(C)C)cc(C(C)(C)C)c6)cc54)n4cc(C)c5ccc(-c6cc(C(C)(C)C)cc(C(C)(C)C)c6)cc54)ccc4c2CCCC4)CCCC3)c2cc(-c3cc(C(C)(C)C)cc(C(C)(C)C)c3)ccc12. The Balaban J connectivity index is 1.02. The maximum atomic E-state index is 8.37. The standard InChI is InChI=1S/C90H107N3O2P2/c1-56-53-91(78-47-61(31-36-73(56)78)64-41-67(85(4,5)6)50-68(42-64)86(7,8)9)96(22)94-81-39-34-59-27-23-25-29-76(59)83(81)84-77-30-26-24-28-60(77)35-40-82(84)95-97(92-54-57(2)74-37-32-62(48-79(74)92)65-43-69(87(10,11)12)51-70(44-65)88(13,14)15)93-55-58(3)75-38-33-63(49-80(75)93)66-45-71(89(16,17)18)52-72(46-66)90(19,20)21/h31-55H,23-30H2,1-22H3. The number of aryl methyl sites for hydroxylation is 5. The van der Waals surface area contributed by atoms with Crippen LogP contribution in [0.3, 0.4) is 0 Å². The van der Waals surface area contributed by atoms with Gasteiger partial charge in [-0.1, -0.05) is 228 Å². The summed E-state index contributed by atoms with van der Waals surface area (Å²) in [6.45, 7) is 51.2. The van der Waals surface area contributed by atoms with E-state index in [0.717, 1.165) is 61.1 Å². The quantitative estimate of drug-likeness (QED) is 0.121. The molecule has 3 aromatic heterocycles. The molecule has 0 spiro atoms. The van der Waals surface area contributed by atoms with Crippen LogP contribution in [-0.4, -0.2) is 19.7 Å². The van der Waals surface area contributed by atoms with E-state index in [-0.39, 0.29) is 32.5 Å². The summed E-state index contributed by atoms with van der Waals surface area (Å²) in [6.07, 6.45) is 15.8. The van der Waals surface area contributed by atoms with Crippen molar-refractivity contribution in [1.29, 1.82) is 0 Å². The number of rotatable bonds is 11. The Morgan fingerprint density at radius 1 is 0.309 bits per heavy atom. The first-order valence-corrected chi connectivity index (χ1v) is 38.9. The van der Waals surface area contributed by atoms with Crippen molar-refractivity contribution in [3.05, 3.63) is 224 Å². The van der Waals surface area contributed by atoms with Crippen molar-refractivity contribution in [2.45, 2.75) is 229 Å². The molecule has 5 nitrogen and oxygen atoms in total. The minimum atomic E-state index is -1.70. The largest absolute Gasteiger partial charge is 0.452 e. The van der Waals surface area contributed by atoms with Gasteiger partial charge in [0.1, 0.15) is 11.5 Å². The lowest BCUT2D eigenvalue weighted by atomic mass is 9.79. The Kier molecular flexibility index (Phi) is 17.6. The number of aromatic nitrogens is 3. The minimum absolute atomic E-state index is 0.00647. The molecule has 7 heteroatoms. The van der Waals surface area contributed by atoms with Crippen molar-refractivity contribution in [3.8, 4) is 56.0 Å². The molecule has 504 valence electrons. The van der Waals surface area contributed by atoms with Gasteiger partial charge in [-0.05, 0) is 241 Å². The topological polar surface area (TPSA) is 33.2 Å². The third kappa shape index (κ3) is 13.4. The van der Waals surface area contributed by atoms with Gasteiger partial charge in [0.15, 0.2) is 8.30 Å². The molecule has 0 bridgehead atoms. The lowest BCUT2D eigenvalue weighted by Gasteiger charge is -2.30. The lowest BCUT2D eigenvalue weighted by molar-refractivity contribution is 0.568. The predicted molar refractivity (Wildman–Crippen MR) is 421 cm³/mol. The maximum absolute atomic E-state index is 8.37. The fourth-order valence-electron chi connectivity index (χ4n) is 14.9. The van der Waals surface area contributed by atoms with E-state index in [1.807, 2.05) is 0 Å². The van der Waals surface area contributed by atoms with Crippen molar-refractivity contribution in [3.63, 3.8) is 0 Å². The number of benzene rings is 8. The molecule has 2 aliphatic carbocycles. The molecule has 13 rings (SSSR count). The fraction of sp³-hybridized carbons (Fsp3) is 0.400. The summed E-state index contributed by atoms with van der Waals surface area (Å²) < 4.78 is 23.7. The van der Waals surface area contributed by atoms with Crippen molar-refractivity contribution < 1.29 is 9.05 Å². The Bertz CT molecular complexity index is 4630. The summed E-state index contributed by atoms with van der Waals surface area (Å²) in [5, 5.41) is 3.72. The molecular formula is C90H107N3O2P2. The van der Waals surface area contributed by atoms with Crippen LogP contribution in [0.4, 0.5) is 0 Å². The van der Waals surface area contributed by atoms with Gasteiger partial charge in [0.05, 0.1) is 16.6 Å². The zero-order chi connectivity index (χ0) is 69.4. The van der Waals surface area contributed by atoms with Gasteiger partial charge in [-0.25, -0.2) is 0 Å². The minimum Gasteiger partial charge on any atom is -0.452 e. The van der Waals surface area contributed by atoms with Crippen LogP contribution >= 0.6 is 16.7 Å². The summed E-state index contributed by atoms with van der Waals surface area (Å²) in [7, 11) is -2.94. The summed E-state index contributed by atoms with van der Waals surface area (Å²) in [4.78, 5) is 0. The van der Waals surface area contributed by atoms with Crippen LogP contribution in [0.1, 0.15) is 223 Å². The van der Waals surface area contributed by atoms with Gasteiger partial charge in [-0.3, -0.25) is 13.0 Å². The maximum Gasteiger partial charge on any atom is 0.318 e. The molecule has 2 aliphatic rings. The second-order valence-corrected chi connectivity index (χ2v) is 38.1. The van der Waals surface area contributed by atoms with E-state index < -0.39 is 16.7 Å². The third-order valence-electron chi connectivity index (χ3n) is 21.3. The average molecular weight is 1320 g/mol. The first kappa shape index (κ1) is 68.4. The van der Waals surface area contributed by atoms with Crippen LogP contribution in [0.15, 0.2) is 152 Å². The van der Waals surface area contributed by atoms with Crippen LogP contribution in [-0.2, 0) is 58.2 Å². The van der Waals surface area contributed by atoms with E-state index in [1.54, 1.807) is 0 Å². The Labute approximate surface area is 584 Å². The molecule has 1 unspecified atom stereocenters. The number of nitrogens with zero attached hydrogens (tertiary/aromatic N) is 3. The van der Waals surface area contributed by atoms with E-state index in [9.17, 15) is 0 Å². The van der Waals surface area contributed by atoms with E-state index in [4.69, 9.17) is 9.05 Å². The molecule has 0 fully saturated rings. The first-order valence-electron chi connectivity index (χ1n) is 36.0. The predicted octanol–water partition coefficient (Wildman–Crippen LogP) is 26.3. The zero-order valence-corrected chi connectivity index (χ0v) is 64.4. The molecule has 0 amide bonds. The van der Waals surface area contributed by atoms with Gasteiger partial charge in [0.25, 0.3) is 0 Å². The Morgan fingerprint density at radius 2 is 0.598 bits per heavy atom. The highest BCUT2D eigenvalue weighted by Crippen LogP contribution is 2.56. The molecular weight excluding hydrogens is 1220 g/mol. The van der Waals surface area contributed by atoms with Crippen molar-refractivity contribution in [2.24, 2.45) is 0 Å². The Hall–Kier alpha value is -7.16. The summed E-state index contributed by atoms with van der Waals surface area (Å²) in [5.41, 5.74) is 30.8. The monoisotopic (exact) mass is 1320 g/mol. The number of hydrogen-bond acceptors (Lipinski definition) is 2. The van der Waals surface area contributed by atoms with Crippen molar-refractivity contribution in [1.82, 2.24) is 13.0 Å². The Morgan fingerprint density at radius 3 is 0.918 bits per heavy atom. The van der Waals surface area contributed by atoms with Crippen molar-refractivity contribution in [2.75, 3.05) is 6.66 Å². The summed E-state index contributed by atoms with van der Waals surface area (Å²) in [5.74, 6) is 1.87. The fourth-order valence-corrected chi connectivity index (χ4v) is 18.2. The van der Waals surface area contributed by atoms with Crippen LogP contribution in [0.5, 0.6) is 11.5 Å². The summed E-state index contributed by atoms with van der Waals surface area (Å²) >= 11 is 0. The second kappa shape index (κ2) is 24.9. The van der Waals surface area contributed by atoms with Gasteiger partial charge < -0.3 is 9.05 Å². The number of hydrogen-bond donors (Lipinski definition) is 0. The van der Waals surface area contributed by atoms with Crippen LogP contribution in [0, 0.1) is 20.8 Å². The molecule has 0 radical (unpaired) electrons. The summed E-state index contributed by atoms with van der Waals surface area (Å²) in [6, 6.07) is 52.9. The average Bonchev–Trinajstić information content (AvgIpc) is 1.62. The van der Waals surface area contributed by atoms with Crippen LogP contribution in [0.2, 0.25) is 0 Å². The van der Waals surface area contributed by atoms with Crippen molar-refractivity contribution >= 4 is 49.5 Å². The molecule has 11 aromatic rings. The molecule has 8 aromatic carbocycles. The second-order valence-electron chi connectivity index (χ2n) is 35.0. The zero-order valence-electron chi connectivity index (χ0n) is 62.6. The molecule has 0 N–H and O–H groups in total. The highest BCUT2D eigenvalue weighted by Gasteiger charge is 2.33. The van der Waals surface area contributed by atoms with E-state index in [0.29, 0.717) is 0 Å². The van der Waals surface area contributed by atoms with Gasteiger partial charge in [-0.2, -0.15) is 0 Å². The van der Waals surface area contributed by atoms with E-state index >= 15 is 0 Å². The number of fused-ring (bicyclic) bond motifs is 5.